The van der Waals surface area contributed by atoms with Crippen LogP contribution in [0.5, 0.6) is 0 Å². The summed E-state index contributed by atoms with van der Waals surface area (Å²) in [5.41, 5.74) is -1.15. The maximum atomic E-state index is 12.0. The van der Waals surface area contributed by atoms with Crippen molar-refractivity contribution in [3.05, 3.63) is 0 Å². The van der Waals surface area contributed by atoms with Crippen molar-refractivity contribution in [2.24, 2.45) is 56.7 Å². The van der Waals surface area contributed by atoms with Crippen molar-refractivity contribution in [1.29, 1.82) is 0 Å². The van der Waals surface area contributed by atoms with Crippen LogP contribution in [0.15, 0.2) is 0 Å². The first-order valence-electron chi connectivity index (χ1n) is 14.3. The molecule has 0 radical (unpaired) electrons. The van der Waals surface area contributed by atoms with Gasteiger partial charge in [-0.05, 0) is 117 Å². The van der Waals surface area contributed by atoms with Gasteiger partial charge in [-0.2, -0.15) is 0 Å². The van der Waals surface area contributed by atoms with Crippen molar-refractivity contribution in [3.63, 3.8) is 0 Å². The zero-order valence-electron chi connectivity index (χ0n) is 22.9. The molecule has 0 aromatic rings. The van der Waals surface area contributed by atoms with Gasteiger partial charge in [0, 0.05) is 11.3 Å². The van der Waals surface area contributed by atoms with E-state index < -0.39 is 23.2 Å². The lowest BCUT2D eigenvalue weighted by molar-refractivity contribution is -0.304. The molecule has 4 heteroatoms. The van der Waals surface area contributed by atoms with Gasteiger partial charge in [0.25, 0.3) is 0 Å². The van der Waals surface area contributed by atoms with E-state index in [1.54, 1.807) is 0 Å². The Morgan fingerprint density at radius 1 is 0.794 bits per heavy atom. The van der Waals surface area contributed by atoms with E-state index in [4.69, 9.17) is 0 Å². The minimum Gasteiger partial charge on any atom is -0.396 e. The number of fused-ring (bicyclic) bond motifs is 7. The van der Waals surface area contributed by atoms with Gasteiger partial charge < -0.3 is 20.4 Å². The molecule has 0 saturated heterocycles. The van der Waals surface area contributed by atoms with Crippen molar-refractivity contribution in [3.8, 4) is 0 Å². The van der Waals surface area contributed by atoms with Gasteiger partial charge in [0.1, 0.15) is 0 Å². The lowest BCUT2D eigenvalue weighted by Crippen LogP contribution is -2.73. The molecule has 196 valence electrons. The molecule has 5 aliphatic rings. The van der Waals surface area contributed by atoms with Gasteiger partial charge in [0.2, 0.25) is 0 Å². The Morgan fingerprint density at radius 2 is 1.44 bits per heavy atom. The molecule has 5 fully saturated rings. The van der Waals surface area contributed by atoms with Crippen LogP contribution in [0.3, 0.4) is 0 Å². The Morgan fingerprint density at radius 3 is 2.06 bits per heavy atom. The van der Waals surface area contributed by atoms with Gasteiger partial charge in [-0.25, -0.2) is 0 Å². The molecule has 11 unspecified atom stereocenters. The maximum absolute atomic E-state index is 12.0. The van der Waals surface area contributed by atoms with E-state index in [1.165, 1.54) is 0 Å². The van der Waals surface area contributed by atoms with Gasteiger partial charge in [0.05, 0.1) is 24.4 Å². The highest BCUT2D eigenvalue weighted by Crippen LogP contribution is 2.78. The highest BCUT2D eigenvalue weighted by Gasteiger charge is 2.74. The number of aliphatic hydroxyl groups is 4. The van der Waals surface area contributed by atoms with Gasteiger partial charge in [-0.15, -0.1) is 0 Å². The first-order valence-corrected chi connectivity index (χ1v) is 14.3. The summed E-state index contributed by atoms with van der Waals surface area (Å²) >= 11 is 0. The normalized spacial score (nSPS) is 56.7. The molecular formula is C30H52O4. The zero-order chi connectivity index (χ0) is 25.1. The Bertz CT molecular complexity index is 817. The minimum absolute atomic E-state index is 0.0268. The molecule has 5 rings (SSSR count). The third-order valence-corrected chi connectivity index (χ3v) is 13.7. The highest BCUT2D eigenvalue weighted by atomic mass is 16.3. The molecule has 11 atom stereocenters. The van der Waals surface area contributed by atoms with Gasteiger partial charge in [-0.1, -0.05) is 34.6 Å². The van der Waals surface area contributed by atoms with Gasteiger partial charge in [0.15, 0.2) is 0 Å². The summed E-state index contributed by atoms with van der Waals surface area (Å²) in [4.78, 5) is 0. The third-order valence-electron chi connectivity index (χ3n) is 13.7. The molecule has 5 saturated carbocycles. The average molecular weight is 477 g/mol. The van der Waals surface area contributed by atoms with Crippen molar-refractivity contribution < 1.29 is 20.4 Å². The molecule has 0 aromatic carbocycles. The van der Waals surface area contributed by atoms with Crippen LogP contribution in [0.25, 0.3) is 0 Å². The van der Waals surface area contributed by atoms with E-state index in [0.717, 1.165) is 57.8 Å². The standard InChI is InChI=1S/C30H52O4/c1-25(2)12-11-23(33)30(17-31)21(25)10-15-29(7)24(30)20(32)16-22-27(5)13-8-18(26(3,4)34)19(27)9-14-28(22,29)6/h18-24,31-34H,8-17H2,1-7H3. The number of rotatable bonds is 2. The van der Waals surface area contributed by atoms with Crippen LogP contribution in [0.4, 0.5) is 0 Å². The predicted molar refractivity (Wildman–Crippen MR) is 135 cm³/mol. The summed E-state index contributed by atoms with van der Waals surface area (Å²) in [6.07, 6.45) is 7.98. The summed E-state index contributed by atoms with van der Waals surface area (Å²) in [5, 5.41) is 45.6. The second kappa shape index (κ2) is 7.45. The molecule has 0 spiro atoms. The number of hydrogen-bond donors (Lipinski definition) is 4. The summed E-state index contributed by atoms with van der Waals surface area (Å²) in [6.45, 7) is 16.0. The quantitative estimate of drug-likeness (QED) is 0.444. The molecule has 0 amide bonds. The second-order valence-electron chi connectivity index (χ2n) is 15.5. The molecule has 34 heavy (non-hydrogen) atoms. The molecule has 0 aromatic heterocycles. The topological polar surface area (TPSA) is 80.9 Å². The highest BCUT2D eigenvalue weighted by molar-refractivity contribution is 5.23. The molecule has 4 nitrogen and oxygen atoms in total. The molecular weight excluding hydrogens is 424 g/mol. The van der Waals surface area contributed by atoms with Crippen LogP contribution in [-0.4, -0.2) is 44.8 Å². The third kappa shape index (κ3) is 2.92. The lowest BCUT2D eigenvalue weighted by atomic mass is 9.31. The van der Waals surface area contributed by atoms with E-state index in [-0.39, 0.29) is 40.1 Å². The van der Waals surface area contributed by atoms with Gasteiger partial charge in [-0.3, -0.25) is 0 Å². The molecule has 0 heterocycles. The van der Waals surface area contributed by atoms with E-state index in [0.29, 0.717) is 17.8 Å². The SMILES string of the molecule is CC(C)(O)C1CCC2(C)C1CCC1(C)C2CC(O)C2C3(CO)C(O)CCC(C)(C)C3CCC21C. The predicted octanol–water partition coefficient (Wildman–Crippen LogP) is 5.16. The maximum Gasteiger partial charge on any atom is 0.0625 e. The first-order chi connectivity index (χ1) is 15.6. The molecule has 5 aliphatic carbocycles. The van der Waals surface area contributed by atoms with Crippen molar-refractivity contribution in [2.45, 2.75) is 124 Å². The van der Waals surface area contributed by atoms with Crippen LogP contribution in [0.2, 0.25) is 0 Å². The molecule has 0 bridgehead atoms. The Kier molecular flexibility index (Phi) is 5.59. The largest absolute Gasteiger partial charge is 0.396 e. The summed E-state index contributed by atoms with van der Waals surface area (Å²) in [6, 6.07) is 0. The van der Waals surface area contributed by atoms with E-state index in [9.17, 15) is 20.4 Å². The van der Waals surface area contributed by atoms with Crippen molar-refractivity contribution in [2.75, 3.05) is 6.61 Å². The van der Waals surface area contributed by atoms with Crippen LogP contribution >= 0.6 is 0 Å². The lowest BCUT2D eigenvalue weighted by Gasteiger charge is -2.74. The second-order valence-corrected chi connectivity index (χ2v) is 15.5. The Hall–Kier alpha value is -0.160. The molecule has 0 aliphatic heterocycles. The summed E-state index contributed by atoms with van der Waals surface area (Å²) < 4.78 is 0. The van der Waals surface area contributed by atoms with E-state index in [1.807, 2.05) is 13.8 Å². The smallest absolute Gasteiger partial charge is 0.0625 e. The zero-order valence-corrected chi connectivity index (χ0v) is 22.9. The monoisotopic (exact) mass is 476 g/mol. The van der Waals surface area contributed by atoms with E-state index in [2.05, 4.69) is 34.6 Å². The fourth-order valence-corrected chi connectivity index (χ4v) is 12.0. The van der Waals surface area contributed by atoms with Crippen molar-refractivity contribution >= 4 is 0 Å². The number of hydrogen-bond acceptors (Lipinski definition) is 4. The fraction of sp³-hybridized carbons (Fsp3) is 1.00. The summed E-state index contributed by atoms with van der Waals surface area (Å²) in [5.74, 6) is 1.39. The minimum atomic E-state index is -0.660. The molecule has 4 N–H and O–H groups in total. The first kappa shape index (κ1) is 25.5. The van der Waals surface area contributed by atoms with Crippen LogP contribution in [0.1, 0.15) is 106 Å². The van der Waals surface area contributed by atoms with Crippen molar-refractivity contribution in [1.82, 2.24) is 0 Å². The Balaban J connectivity index is 1.60. The van der Waals surface area contributed by atoms with Crippen LogP contribution < -0.4 is 0 Å². The Labute approximate surface area is 207 Å². The van der Waals surface area contributed by atoms with Gasteiger partial charge >= 0.3 is 0 Å². The van der Waals surface area contributed by atoms with Crippen LogP contribution in [-0.2, 0) is 0 Å². The average Bonchev–Trinajstić information content (AvgIpc) is 3.10. The fourth-order valence-electron chi connectivity index (χ4n) is 12.0. The van der Waals surface area contributed by atoms with E-state index >= 15 is 0 Å². The number of aliphatic hydroxyl groups excluding tert-OH is 3. The van der Waals surface area contributed by atoms with Crippen LogP contribution in [0, 0.1) is 56.7 Å². The summed E-state index contributed by atoms with van der Waals surface area (Å²) in [7, 11) is 0.